The largest absolute Gasteiger partial charge is 0.378 e. The Kier molecular flexibility index (Phi) is 5.33. The van der Waals surface area contributed by atoms with E-state index in [0.29, 0.717) is 6.04 Å². The Morgan fingerprint density at radius 1 is 1.19 bits per heavy atom. The quantitative estimate of drug-likeness (QED) is 0.793. The van der Waals surface area contributed by atoms with Gasteiger partial charge in [-0.2, -0.15) is 0 Å². The van der Waals surface area contributed by atoms with E-state index in [1.807, 2.05) is 0 Å². The van der Waals surface area contributed by atoms with Gasteiger partial charge in [-0.15, -0.1) is 0 Å². The van der Waals surface area contributed by atoms with Gasteiger partial charge in [-0.25, -0.2) is 0 Å². The lowest BCUT2D eigenvalue weighted by atomic mass is 10.1. The number of benzene rings is 1. The lowest BCUT2D eigenvalue weighted by molar-refractivity contribution is 0.543. The van der Waals surface area contributed by atoms with Gasteiger partial charge in [0.2, 0.25) is 0 Å². The van der Waals surface area contributed by atoms with Gasteiger partial charge >= 0.3 is 0 Å². The van der Waals surface area contributed by atoms with Crippen molar-refractivity contribution in [3.63, 3.8) is 0 Å². The zero-order chi connectivity index (χ0) is 12.0. The Hall–Kier alpha value is -1.02. The summed E-state index contributed by atoms with van der Waals surface area (Å²) in [5.74, 6) is 0. The minimum absolute atomic E-state index is 0.560. The first-order chi connectivity index (χ1) is 7.63. The molecule has 0 aliphatic heterocycles. The second-order valence-corrected chi connectivity index (χ2v) is 4.62. The summed E-state index contributed by atoms with van der Waals surface area (Å²) in [4.78, 5) is 2.13. The first-order valence-corrected chi connectivity index (χ1v) is 6.13. The highest BCUT2D eigenvalue weighted by molar-refractivity contribution is 5.46. The van der Waals surface area contributed by atoms with Crippen molar-refractivity contribution in [3.8, 4) is 0 Å². The highest BCUT2D eigenvalue weighted by atomic mass is 15.1. The first kappa shape index (κ1) is 13.0. The van der Waals surface area contributed by atoms with Crippen LogP contribution in [-0.4, -0.2) is 26.7 Å². The van der Waals surface area contributed by atoms with Gasteiger partial charge in [-0.1, -0.05) is 19.1 Å². The fraction of sp³-hybridized carbons (Fsp3) is 0.571. The van der Waals surface area contributed by atoms with Crippen LogP contribution >= 0.6 is 0 Å². The summed E-state index contributed by atoms with van der Waals surface area (Å²) in [5.41, 5.74) is 2.67. The lowest BCUT2D eigenvalue weighted by Crippen LogP contribution is -2.28. The Labute approximate surface area is 99.7 Å². The molecule has 1 rings (SSSR count). The Bertz CT molecular complexity index is 290. The molecule has 0 heterocycles. The molecule has 90 valence electrons. The van der Waals surface area contributed by atoms with Crippen molar-refractivity contribution >= 4 is 5.69 Å². The molecule has 0 amide bonds. The molecule has 1 atom stereocenters. The second-order valence-electron chi connectivity index (χ2n) is 4.62. The van der Waals surface area contributed by atoms with Crippen molar-refractivity contribution < 1.29 is 0 Å². The Morgan fingerprint density at radius 3 is 2.31 bits per heavy atom. The van der Waals surface area contributed by atoms with Crippen molar-refractivity contribution in [1.82, 2.24) is 5.32 Å². The molecule has 1 N–H and O–H groups in total. The fourth-order valence-electron chi connectivity index (χ4n) is 1.75. The standard InChI is InChI=1S/C14H24N2/c1-5-10-15-12(2)11-13-6-8-14(9-7-13)16(3)4/h6-9,12,15H,5,10-11H2,1-4H3. The number of hydrogen-bond acceptors (Lipinski definition) is 2. The van der Waals surface area contributed by atoms with E-state index in [1.165, 1.54) is 17.7 Å². The Morgan fingerprint density at radius 2 is 1.81 bits per heavy atom. The van der Waals surface area contributed by atoms with Crippen LogP contribution in [0.4, 0.5) is 5.69 Å². The molecule has 0 aliphatic rings. The maximum Gasteiger partial charge on any atom is 0.0361 e. The van der Waals surface area contributed by atoms with Crippen LogP contribution in [0.25, 0.3) is 0 Å². The van der Waals surface area contributed by atoms with Crippen LogP contribution < -0.4 is 10.2 Å². The molecule has 2 nitrogen and oxygen atoms in total. The monoisotopic (exact) mass is 220 g/mol. The third-order valence-corrected chi connectivity index (χ3v) is 2.74. The molecule has 0 spiro atoms. The highest BCUT2D eigenvalue weighted by Crippen LogP contribution is 2.13. The minimum Gasteiger partial charge on any atom is -0.378 e. The van der Waals surface area contributed by atoms with E-state index in [-0.39, 0.29) is 0 Å². The van der Waals surface area contributed by atoms with E-state index in [0.717, 1.165) is 13.0 Å². The third-order valence-electron chi connectivity index (χ3n) is 2.74. The van der Waals surface area contributed by atoms with E-state index in [2.05, 4.69) is 62.4 Å². The van der Waals surface area contributed by atoms with Crippen molar-refractivity contribution in [2.75, 3.05) is 25.5 Å². The van der Waals surface area contributed by atoms with Crippen LogP contribution in [-0.2, 0) is 6.42 Å². The number of nitrogens with zero attached hydrogens (tertiary/aromatic N) is 1. The second kappa shape index (κ2) is 6.54. The molecular formula is C14H24N2. The molecule has 0 aromatic heterocycles. The van der Waals surface area contributed by atoms with Crippen LogP contribution in [0.1, 0.15) is 25.8 Å². The number of hydrogen-bond donors (Lipinski definition) is 1. The van der Waals surface area contributed by atoms with Crippen LogP contribution in [0.5, 0.6) is 0 Å². The van der Waals surface area contributed by atoms with Gasteiger partial charge in [0.15, 0.2) is 0 Å². The maximum atomic E-state index is 3.51. The number of nitrogens with one attached hydrogen (secondary N) is 1. The average molecular weight is 220 g/mol. The van der Waals surface area contributed by atoms with Crippen molar-refractivity contribution in [3.05, 3.63) is 29.8 Å². The van der Waals surface area contributed by atoms with Gasteiger partial charge in [0.05, 0.1) is 0 Å². The van der Waals surface area contributed by atoms with Crippen molar-refractivity contribution in [2.24, 2.45) is 0 Å². The number of rotatable bonds is 6. The van der Waals surface area contributed by atoms with E-state index in [9.17, 15) is 0 Å². The molecule has 0 bridgehead atoms. The normalized spacial score (nSPS) is 12.5. The smallest absolute Gasteiger partial charge is 0.0361 e. The molecule has 2 heteroatoms. The maximum absolute atomic E-state index is 3.51. The zero-order valence-electron chi connectivity index (χ0n) is 11.0. The van der Waals surface area contributed by atoms with Crippen LogP contribution in [0.3, 0.4) is 0 Å². The molecule has 0 radical (unpaired) electrons. The summed E-state index contributed by atoms with van der Waals surface area (Å²) in [6.45, 7) is 5.55. The average Bonchev–Trinajstić information content (AvgIpc) is 2.27. The van der Waals surface area contributed by atoms with Crippen molar-refractivity contribution in [1.29, 1.82) is 0 Å². The Balaban J connectivity index is 2.48. The molecule has 1 aromatic rings. The summed E-state index contributed by atoms with van der Waals surface area (Å²) < 4.78 is 0. The van der Waals surface area contributed by atoms with Crippen molar-refractivity contribution in [2.45, 2.75) is 32.7 Å². The van der Waals surface area contributed by atoms with Gasteiger partial charge in [0.25, 0.3) is 0 Å². The van der Waals surface area contributed by atoms with Crippen LogP contribution in [0.2, 0.25) is 0 Å². The zero-order valence-corrected chi connectivity index (χ0v) is 11.0. The predicted octanol–water partition coefficient (Wildman–Crippen LogP) is 2.68. The SMILES string of the molecule is CCCNC(C)Cc1ccc(N(C)C)cc1. The van der Waals surface area contributed by atoms with Crippen LogP contribution in [0, 0.1) is 0 Å². The van der Waals surface area contributed by atoms with E-state index in [1.54, 1.807) is 0 Å². The molecule has 0 aliphatic carbocycles. The van der Waals surface area contributed by atoms with Gasteiger partial charge in [-0.05, 0) is 44.0 Å². The summed E-state index contributed by atoms with van der Waals surface area (Å²) in [6, 6.07) is 9.37. The highest BCUT2D eigenvalue weighted by Gasteiger charge is 2.02. The van der Waals surface area contributed by atoms with Gasteiger partial charge in [0, 0.05) is 25.8 Å². The van der Waals surface area contributed by atoms with Gasteiger partial charge in [0.1, 0.15) is 0 Å². The molecular weight excluding hydrogens is 196 g/mol. The van der Waals surface area contributed by atoms with Gasteiger partial charge in [-0.3, -0.25) is 0 Å². The van der Waals surface area contributed by atoms with Gasteiger partial charge < -0.3 is 10.2 Å². The molecule has 0 saturated heterocycles. The molecule has 1 unspecified atom stereocenters. The minimum atomic E-state index is 0.560. The summed E-state index contributed by atoms with van der Waals surface area (Å²) in [5, 5.41) is 3.51. The third kappa shape index (κ3) is 4.23. The summed E-state index contributed by atoms with van der Waals surface area (Å²) in [7, 11) is 4.14. The van der Waals surface area contributed by atoms with E-state index < -0.39 is 0 Å². The molecule has 16 heavy (non-hydrogen) atoms. The summed E-state index contributed by atoms with van der Waals surface area (Å²) in [6.07, 6.45) is 2.30. The topological polar surface area (TPSA) is 15.3 Å². The van der Waals surface area contributed by atoms with Crippen LogP contribution in [0.15, 0.2) is 24.3 Å². The fourth-order valence-corrected chi connectivity index (χ4v) is 1.75. The number of anilines is 1. The molecule has 1 aromatic carbocycles. The first-order valence-electron chi connectivity index (χ1n) is 6.13. The van der Waals surface area contributed by atoms with E-state index in [4.69, 9.17) is 0 Å². The molecule has 0 saturated carbocycles. The predicted molar refractivity (Wildman–Crippen MR) is 72.2 cm³/mol. The van der Waals surface area contributed by atoms with E-state index >= 15 is 0 Å². The molecule has 0 fully saturated rings. The lowest BCUT2D eigenvalue weighted by Gasteiger charge is -2.15. The summed E-state index contributed by atoms with van der Waals surface area (Å²) >= 11 is 0.